The Bertz CT molecular complexity index is 1060. The lowest BCUT2D eigenvalue weighted by molar-refractivity contribution is -0.384. The van der Waals surface area contributed by atoms with Gasteiger partial charge in [-0.2, -0.15) is 0 Å². The molecule has 3 rings (SSSR count). The Balaban J connectivity index is 1.84. The van der Waals surface area contributed by atoms with Crippen molar-refractivity contribution in [2.75, 3.05) is 5.32 Å². The zero-order valence-electron chi connectivity index (χ0n) is 14.0. The first-order valence-electron chi connectivity index (χ1n) is 7.94. The van der Waals surface area contributed by atoms with E-state index in [2.05, 4.69) is 21.2 Å². The number of hydrogen-bond donors (Lipinski definition) is 1. The maximum Gasteiger partial charge on any atom is 0.269 e. The van der Waals surface area contributed by atoms with Crippen LogP contribution in [0.4, 0.5) is 11.4 Å². The van der Waals surface area contributed by atoms with Gasteiger partial charge >= 0.3 is 0 Å². The number of carbonyl (C=O) groups is 1. The van der Waals surface area contributed by atoms with Gasteiger partial charge in [-0.25, -0.2) is 0 Å². The molecule has 0 aliphatic heterocycles. The molecule has 7 nitrogen and oxygen atoms in total. The number of hydrogen-bond acceptors (Lipinski definition) is 4. The summed E-state index contributed by atoms with van der Waals surface area (Å²) in [6.45, 7) is 0.125. The maximum atomic E-state index is 12.6. The van der Waals surface area contributed by atoms with Crippen molar-refractivity contribution in [1.29, 1.82) is 0 Å². The second-order valence-electron chi connectivity index (χ2n) is 5.74. The molecular weight excluding hydrogens is 414 g/mol. The van der Waals surface area contributed by atoms with Crippen LogP contribution in [0.3, 0.4) is 0 Å². The number of nitro groups is 1. The quantitative estimate of drug-likeness (QED) is 0.494. The fourth-order valence-electron chi connectivity index (χ4n) is 2.53. The second kappa shape index (κ2) is 7.96. The SMILES string of the molecule is O=C(Nc1ccc(Br)cc1)c1cccn(Cc2cccc([N+](=O)[O-])c2)c1=O. The zero-order valence-corrected chi connectivity index (χ0v) is 15.5. The van der Waals surface area contributed by atoms with Gasteiger partial charge in [-0.15, -0.1) is 0 Å². The van der Waals surface area contributed by atoms with E-state index in [0.717, 1.165) is 4.47 Å². The Morgan fingerprint density at radius 1 is 1.11 bits per heavy atom. The largest absolute Gasteiger partial charge is 0.322 e. The van der Waals surface area contributed by atoms with Gasteiger partial charge < -0.3 is 9.88 Å². The van der Waals surface area contributed by atoms with Crippen molar-refractivity contribution in [3.63, 3.8) is 0 Å². The molecule has 136 valence electrons. The number of nitrogens with one attached hydrogen (secondary N) is 1. The molecule has 8 heteroatoms. The van der Waals surface area contributed by atoms with E-state index in [9.17, 15) is 19.7 Å². The van der Waals surface area contributed by atoms with Crippen molar-refractivity contribution in [3.05, 3.63) is 103 Å². The number of anilines is 1. The highest BCUT2D eigenvalue weighted by atomic mass is 79.9. The van der Waals surface area contributed by atoms with Gasteiger partial charge in [0, 0.05) is 28.5 Å². The third kappa shape index (κ3) is 4.48. The highest BCUT2D eigenvalue weighted by Crippen LogP contribution is 2.15. The fraction of sp³-hybridized carbons (Fsp3) is 0.0526. The van der Waals surface area contributed by atoms with Crippen LogP contribution in [0.2, 0.25) is 0 Å². The molecule has 1 heterocycles. The van der Waals surface area contributed by atoms with Crippen LogP contribution in [-0.2, 0) is 6.54 Å². The lowest BCUT2D eigenvalue weighted by atomic mass is 10.2. The van der Waals surface area contributed by atoms with Gasteiger partial charge in [0.05, 0.1) is 11.5 Å². The number of rotatable bonds is 5. The van der Waals surface area contributed by atoms with E-state index in [4.69, 9.17) is 0 Å². The van der Waals surface area contributed by atoms with Gasteiger partial charge in [0.1, 0.15) is 5.56 Å². The first-order valence-corrected chi connectivity index (χ1v) is 8.73. The van der Waals surface area contributed by atoms with Crippen LogP contribution >= 0.6 is 15.9 Å². The Morgan fingerprint density at radius 3 is 2.56 bits per heavy atom. The van der Waals surface area contributed by atoms with E-state index < -0.39 is 16.4 Å². The molecule has 0 aliphatic rings. The van der Waals surface area contributed by atoms with Crippen LogP contribution < -0.4 is 10.9 Å². The predicted molar refractivity (Wildman–Crippen MR) is 105 cm³/mol. The Morgan fingerprint density at radius 2 is 1.85 bits per heavy atom. The van der Waals surface area contributed by atoms with E-state index in [0.29, 0.717) is 11.3 Å². The summed E-state index contributed by atoms with van der Waals surface area (Å²) in [5.74, 6) is -0.518. The van der Waals surface area contributed by atoms with Gasteiger partial charge in [0.25, 0.3) is 17.2 Å². The average molecular weight is 428 g/mol. The average Bonchev–Trinajstić information content (AvgIpc) is 2.65. The summed E-state index contributed by atoms with van der Waals surface area (Å²) < 4.78 is 2.22. The predicted octanol–water partition coefficient (Wildman–Crippen LogP) is 3.82. The molecule has 0 unspecified atom stereocenters. The van der Waals surface area contributed by atoms with Gasteiger partial charge in [-0.05, 0) is 42.0 Å². The van der Waals surface area contributed by atoms with E-state index in [1.807, 2.05) is 0 Å². The third-order valence-electron chi connectivity index (χ3n) is 3.84. The molecule has 1 N–H and O–H groups in total. The highest BCUT2D eigenvalue weighted by Gasteiger charge is 2.13. The Kier molecular flexibility index (Phi) is 5.46. The van der Waals surface area contributed by atoms with E-state index in [1.54, 1.807) is 42.5 Å². The zero-order chi connectivity index (χ0) is 19.4. The Labute approximate surface area is 162 Å². The van der Waals surface area contributed by atoms with Gasteiger partial charge in [0.15, 0.2) is 0 Å². The van der Waals surface area contributed by atoms with Crippen LogP contribution in [0.1, 0.15) is 15.9 Å². The number of amides is 1. The molecule has 3 aromatic rings. The molecule has 0 aliphatic carbocycles. The van der Waals surface area contributed by atoms with Crippen LogP contribution in [0, 0.1) is 10.1 Å². The van der Waals surface area contributed by atoms with Crippen LogP contribution in [-0.4, -0.2) is 15.4 Å². The lowest BCUT2D eigenvalue weighted by Crippen LogP contribution is -2.29. The van der Waals surface area contributed by atoms with Gasteiger partial charge in [-0.3, -0.25) is 19.7 Å². The molecule has 0 saturated carbocycles. The summed E-state index contributed by atoms with van der Waals surface area (Å²) >= 11 is 3.32. The van der Waals surface area contributed by atoms with Crippen molar-refractivity contribution >= 4 is 33.2 Å². The first-order chi connectivity index (χ1) is 12.9. The molecule has 0 saturated heterocycles. The fourth-order valence-corrected chi connectivity index (χ4v) is 2.80. The third-order valence-corrected chi connectivity index (χ3v) is 4.37. The maximum absolute atomic E-state index is 12.6. The molecule has 0 bridgehead atoms. The summed E-state index contributed by atoms with van der Waals surface area (Å²) in [6, 6.07) is 16.1. The second-order valence-corrected chi connectivity index (χ2v) is 6.66. The molecule has 1 aromatic heterocycles. The monoisotopic (exact) mass is 427 g/mol. The van der Waals surface area contributed by atoms with E-state index in [-0.39, 0.29) is 17.8 Å². The summed E-state index contributed by atoms with van der Waals surface area (Å²) in [6.07, 6.45) is 1.54. The van der Waals surface area contributed by atoms with Crippen molar-refractivity contribution in [3.8, 4) is 0 Å². The van der Waals surface area contributed by atoms with Crippen molar-refractivity contribution in [2.45, 2.75) is 6.54 Å². The summed E-state index contributed by atoms with van der Waals surface area (Å²) in [7, 11) is 0. The molecule has 0 radical (unpaired) electrons. The number of non-ortho nitro benzene ring substituents is 1. The minimum Gasteiger partial charge on any atom is -0.322 e. The van der Waals surface area contributed by atoms with Crippen molar-refractivity contribution in [1.82, 2.24) is 4.57 Å². The lowest BCUT2D eigenvalue weighted by Gasteiger charge is -2.09. The highest BCUT2D eigenvalue weighted by molar-refractivity contribution is 9.10. The number of aromatic nitrogens is 1. The van der Waals surface area contributed by atoms with Crippen molar-refractivity contribution in [2.24, 2.45) is 0 Å². The van der Waals surface area contributed by atoms with Gasteiger partial charge in [-0.1, -0.05) is 28.1 Å². The summed E-state index contributed by atoms with van der Waals surface area (Å²) in [5, 5.41) is 13.6. The van der Waals surface area contributed by atoms with Crippen LogP contribution in [0.25, 0.3) is 0 Å². The Hall–Kier alpha value is -3.26. The molecule has 0 atom stereocenters. The van der Waals surface area contributed by atoms with E-state index in [1.165, 1.54) is 29.0 Å². The van der Waals surface area contributed by atoms with Crippen molar-refractivity contribution < 1.29 is 9.72 Å². The van der Waals surface area contributed by atoms with Crippen LogP contribution in [0.15, 0.2) is 76.1 Å². The standard InChI is InChI=1S/C19H14BrN3O4/c20-14-6-8-15(9-7-14)21-18(24)17-5-2-10-22(19(17)25)12-13-3-1-4-16(11-13)23(26)27/h1-11H,12H2,(H,21,24). The molecule has 2 aromatic carbocycles. The smallest absolute Gasteiger partial charge is 0.269 e. The van der Waals surface area contributed by atoms with Crippen LogP contribution in [0.5, 0.6) is 0 Å². The molecular formula is C19H14BrN3O4. The minimum atomic E-state index is -0.518. The van der Waals surface area contributed by atoms with Gasteiger partial charge in [0.2, 0.25) is 0 Å². The summed E-state index contributed by atoms with van der Waals surface area (Å²) in [5.41, 5.74) is 0.627. The summed E-state index contributed by atoms with van der Waals surface area (Å²) in [4.78, 5) is 35.5. The number of carbonyl (C=O) groups excluding carboxylic acids is 1. The molecule has 0 fully saturated rings. The number of pyridine rings is 1. The minimum absolute atomic E-state index is 0.00847. The van der Waals surface area contributed by atoms with E-state index >= 15 is 0 Å². The number of halogens is 1. The first kappa shape index (κ1) is 18.5. The molecule has 1 amide bonds. The topological polar surface area (TPSA) is 94.2 Å². The normalized spacial score (nSPS) is 10.4. The molecule has 0 spiro atoms. The number of benzene rings is 2. The number of nitro benzene ring substituents is 1. The number of nitrogens with zero attached hydrogens (tertiary/aromatic N) is 2. The molecule has 27 heavy (non-hydrogen) atoms.